The molecule has 16 heavy (non-hydrogen) atoms. The summed E-state index contributed by atoms with van der Waals surface area (Å²) in [5, 5.41) is 5.22. The second-order valence-corrected chi connectivity index (χ2v) is 5.33. The Morgan fingerprint density at radius 3 is 3.06 bits per heavy atom. The zero-order valence-corrected chi connectivity index (χ0v) is 10.5. The van der Waals surface area contributed by atoms with Crippen molar-refractivity contribution in [2.45, 2.75) is 6.92 Å². The van der Waals surface area contributed by atoms with Crippen LogP contribution in [0, 0.1) is 6.92 Å². The first kappa shape index (κ1) is 10.1. The molecule has 0 spiro atoms. The molecule has 82 valence electrons. The lowest BCUT2D eigenvalue weighted by atomic mass is 10.2. The third-order valence-corrected chi connectivity index (χ3v) is 4.34. The number of thiophene rings is 1. The number of hydrogen-bond acceptors (Lipinski definition) is 3. The van der Waals surface area contributed by atoms with Crippen molar-refractivity contribution in [1.29, 1.82) is 0 Å². The van der Waals surface area contributed by atoms with E-state index in [0.717, 1.165) is 34.2 Å². The number of rotatable bonds is 1. The molecule has 0 saturated heterocycles. The number of aliphatic imine (C=N–C) groups is 1. The van der Waals surface area contributed by atoms with E-state index < -0.39 is 0 Å². The van der Waals surface area contributed by atoms with E-state index in [9.17, 15) is 0 Å². The third-order valence-electron chi connectivity index (χ3n) is 2.67. The number of amidine groups is 1. The zero-order chi connectivity index (χ0) is 11.1. The van der Waals surface area contributed by atoms with Crippen LogP contribution >= 0.6 is 22.9 Å². The summed E-state index contributed by atoms with van der Waals surface area (Å²) in [5.41, 5.74) is 1.26. The van der Waals surface area contributed by atoms with Gasteiger partial charge in [-0.15, -0.1) is 11.3 Å². The predicted octanol–water partition coefficient (Wildman–Crippen LogP) is 3.21. The van der Waals surface area contributed by atoms with E-state index in [-0.39, 0.29) is 0 Å². The molecule has 1 aliphatic rings. The SMILES string of the molecule is Cc1ccc2c(Cl)c(C3=NCCN3)sc2c1. The van der Waals surface area contributed by atoms with Gasteiger partial charge in [-0.2, -0.15) is 0 Å². The van der Waals surface area contributed by atoms with Gasteiger partial charge in [-0.05, 0) is 18.6 Å². The number of nitrogens with one attached hydrogen (secondary N) is 1. The average Bonchev–Trinajstić information content (AvgIpc) is 2.86. The topological polar surface area (TPSA) is 24.4 Å². The van der Waals surface area contributed by atoms with Crippen LogP contribution in [0.3, 0.4) is 0 Å². The van der Waals surface area contributed by atoms with Crippen LogP contribution in [0.25, 0.3) is 10.1 Å². The van der Waals surface area contributed by atoms with Crippen molar-refractivity contribution < 1.29 is 0 Å². The molecule has 1 N–H and O–H groups in total. The van der Waals surface area contributed by atoms with Crippen LogP contribution in [-0.4, -0.2) is 18.9 Å². The Balaban J connectivity index is 2.22. The van der Waals surface area contributed by atoms with E-state index in [1.807, 2.05) is 0 Å². The van der Waals surface area contributed by atoms with Crippen LogP contribution in [0.1, 0.15) is 10.4 Å². The summed E-state index contributed by atoms with van der Waals surface area (Å²) in [4.78, 5) is 5.49. The monoisotopic (exact) mass is 250 g/mol. The molecule has 2 aromatic rings. The number of nitrogens with zero attached hydrogens (tertiary/aromatic N) is 1. The normalized spacial score (nSPS) is 15.2. The lowest BCUT2D eigenvalue weighted by Crippen LogP contribution is -2.18. The fraction of sp³-hybridized carbons (Fsp3) is 0.250. The highest BCUT2D eigenvalue weighted by Gasteiger charge is 2.17. The second-order valence-electron chi connectivity index (χ2n) is 3.90. The molecule has 1 aliphatic heterocycles. The summed E-state index contributed by atoms with van der Waals surface area (Å²) in [6.07, 6.45) is 0. The summed E-state index contributed by atoms with van der Waals surface area (Å²) in [6, 6.07) is 6.35. The Kier molecular flexibility index (Phi) is 2.37. The lowest BCUT2D eigenvalue weighted by Gasteiger charge is -1.97. The largest absolute Gasteiger partial charge is 0.367 e. The van der Waals surface area contributed by atoms with Gasteiger partial charge in [0.05, 0.1) is 16.4 Å². The van der Waals surface area contributed by atoms with E-state index in [4.69, 9.17) is 11.6 Å². The van der Waals surface area contributed by atoms with Gasteiger partial charge in [0.15, 0.2) is 0 Å². The van der Waals surface area contributed by atoms with Crippen molar-refractivity contribution in [3.05, 3.63) is 33.7 Å². The van der Waals surface area contributed by atoms with Crippen molar-refractivity contribution in [3.8, 4) is 0 Å². The highest BCUT2D eigenvalue weighted by Crippen LogP contribution is 2.36. The van der Waals surface area contributed by atoms with Crippen molar-refractivity contribution in [2.24, 2.45) is 4.99 Å². The quantitative estimate of drug-likeness (QED) is 0.826. The van der Waals surface area contributed by atoms with E-state index in [2.05, 4.69) is 35.4 Å². The van der Waals surface area contributed by atoms with E-state index in [1.54, 1.807) is 11.3 Å². The summed E-state index contributed by atoms with van der Waals surface area (Å²) < 4.78 is 1.23. The van der Waals surface area contributed by atoms with Gasteiger partial charge in [0.2, 0.25) is 0 Å². The van der Waals surface area contributed by atoms with Gasteiger partial charge >= 0.3 is 0 Å². The highest BCUT2D eigenvalue weighted by atomic mass is 35.5. The van der Waals surface area contributed by atoms with Gasteiger partial charge in [-0.1, -0.05) is 23.7 Å². The van der Waals surface area contributed by atoms with Gasteiger partial charge in [-0.3, -0.25) is 4.99 Å². The first-order valence-corrected chi connectivity index (χ1v) is 6.42. The minimum atomic E-state index is 0.827. The third kappa shape index (κ3) is 1.51. The van der Waals surface area contributed by atoms with Gasteiger partial charge in [0, 0.05) is 16.6 Å². The molecular formula is C12H11ClN2S. The number of benzene rings is 1. The van der Waals surface area contributed by atoms with E-state index in [0.29, 0.717) is 0 Å². The molecule has 4 heteroatoms. The Labute approximate surface area is 103 Å². The Morgan fingerprint density at radius 1 is 1.44 bits per heavy atom. The maximum absolute atomic E-state index is 6.38. The van der Waals surface area contributed by atoms with Crippen molar-refractivity contribution in [3.63, 3.8) is 0 Å². The maximum atomic E-state index is 6.38. The molecule has 0 fully saturated rings. The molecule has 1 aromatic heterocycles. The predicted molar refractivity (Wildman–Crippen MR) is 71.0 cm³/mol. The molecule has 0 amide bonds. The Hall–Kier alpha value is -1.06. The van der Waals surface area contributed by atoms with Crippen LogP contribution in [0.5, 0.6) is 0 Å². The Morgan fingerprint density at radius 2 is 2.31 bits per heavy atom. The molecule has 1 aromatic carbocycles. The zero-order valence-electron chi connectivity index (χ0n) is 8.88. The average molecular weight is 251 g/mol. The van der Waals surface area contributed by atoms with Gasteiger partial charge in [-0.25, -0.2) is 0 Å². The molecule has 0 aliphatic carbocycles. The molecule has 0 atom stereocenters. The molecule has 3 rings (SSSR count). The van der Waals surface area contributed by atoms with Crippen LogP contribution in [0.2, 0.25) is 5.02 Å². The lowest BCUT2D eigenvalue weighted by molar-refractivity contribution is 0.960. The van der Waals surface area contributed by atoms with E-state index >= 15 is 0 Å². The Bertz CT molecular complexity index is 586. The van der Waals surface area contributed by atoms with Crippen LogP contribution < -0.4 is 5.32 Å². The van der Waals surface area contributed by atoms with Crippen molar-refractivity contribution >= 4 is 38.9 Å². The van der Waals surface area contributed by atoms with Gasteiger partial charge in [0.1, 0.15) is 5.84 Å². The molecule has 2 heterocycles. The van der Waals surface area contributed by atoms with Crippen LogP contribution in [-0.2, 0) is 0 Å². The van der Waals surface area contributed by atoms with Crippen molar-refractivity contribution in [2.75, 3.05) is 13.1 Å². The van der Waals surface area contributed by atoms with Gasteiger partial charge < -0.3 is 5.32 Å². The maximum Gasteiger partial charge on any atom is 0.140 e. The molecular weight excluding hydrogens is 240 g/mol. The second kappa shape index (κ2) is 3.75. The first-order valence-electron chi connectivity index (χ1n) is 5.23. The summed E-state index contributed by atoms with van der Waals surface area (Å²) >= 11 is 8.09. The smallest absolute Gasteiger partial charge is 0.140 e. The molecule has 0 unspecified atom stereocenters. The first-order chi connectivity index (χ1) is 7.75. The molecule has 0 saturated carbocycles. The van der Waals surface area contributed by atoms with Gasteiger partial charge in [0.25, 0.3) is 0 Å². The van der Waals surface area contributed by atoms with Crippen LogP contribution in [0.15, 0.2) is 23.2 Å². The number of hydrogen-bond donors (Lipinski definition) is 1. The minimum Gasteiger partial charge on any atom is -0.367 e. The molecule has 0 bridgehead atoms. The fourth-order valence-electron chi connectivity index (χ4n) is 1.87. The van der Waals surface area contributed by atoms with E-state index in [1.165, 1.54) is 10.3 Å². The highest BCUT2D eigenvalue weighted by molar-refractivity contribution is 7.21. The number of fused-ring (bicyclic) bond motifs is 1. The van der Waals surface area contributed by atoms with Crippen molar-refractivity contribution in [1.82, 2.24) is 5.32 Å². The summed E-state index contributed by atoms with van der Waals surface area (Å²) in [5.74, 6) is 0.948. The fourth-order valence-corrected chi connectivity index (χ4v) is 3.48. The van der Waals surface area contributed by atoms with Crippen LogP contribution in [0.4, 0.5) is 0 Å². The summed E-state index contributed by atoms with van der Waals surface area (Å²) in [7, 11) is 0. The summed E-state index contributed by atoms with van der Waals surface area (Å²) in [6.45, 7) is 3.86. The standard InChI is InChI=1S/C12H11ClN2S/c1-7-2-3-8-9(6-7)16-11(10(8)13)12-14-4-5-15-12/h2-3,6H,4-5H2,1H3,(H,14,15). The molecule has 2 nitrogen and oxygen atoms in total. The minimum absolute atomic E-state index is 0.827. The number of aryl methyl sites for hydroxylation is 1. The number of halogens is 1. The molecule has 0 radical (unpaired) electrons.